The van der Waals surface area contributed by atoms with E-state index < -0.39 is 0 Å². The number of thiophene rings is 1. The maximum absolute atomic E-state index is 13.4. The van der Waals surface area contributed by atoms with Gasteiger partial charge in [-0.3, -0.25) is 4.79 Å². The number of nitrogens with zero attached hydrogens (tertiary/aromatic N) is 2. The van der Waals surface area contributed by atoms with E-state index >= 15 is 0 Å². The zero-order valence-corrected chi connectivity index (χ0v) is 18.9. The first-order chi connectivity index (χ1) is 15.2. The number of nitrogens with one attached hydrogen (secondary N) is 1. The lowest BCUT2D eigenvalue weighted by molar-refractivity contribution is 0.0751. The molecule has 4 rings (SSSR count). The van der Waals surface area contributed by atoms with Crippen molar-refractivity contribution in [3.63, 3.8) is 0 Å². The molecule has 0 spiro atoms. The number of anilines is 1. The van der Waals surface area contributed by atoms with E-state index in [0.717, 1.165) is 25.3 Å². The van der Waals surface area contributed by atoms with Crippen LogP contribution < -0.4 is 15.0 Å². The number of carbonyl (C=O) groups is 1. The molecule has 1 atom stereocenters. The molecule has 1 N–H and O–H groups in total. The number of hydrogen-bond donors (Lipinski definition) is 1. The number of likely N-dealkylation sites (N-methyl/N-ethyl adjacent to an activating group) is 1. The lowest BCUT2D eigenvalue weighted by Gasteiger charge is -2.22. The average molecular weight is 436 g/mol. The summed E-state index contributed by atoms with van der Waals surface area (Å²) in [6.07, 6.45) is 0.835. The highest BCUT2D eigenvalue weighted by molar-refractivity contribution is 7.10. The monoisotopic (exact) mass is 435 g/mol. The Hall–Kier alpha value is -2.83. The molecule has 0 bridgehead atoms. The van der Waals surface area contributed by atoms with Crippen molar-refractivity contribution in [2.45, 2.75) is 19.1 Å². The third-order valence-corrected chi connectivity index (χ3v) is 6.60. The van der Waals surface area contributed by atoms with E-state index in [1.165, 1.54) is 16.1 Å². The van der Waals surface area contributed by atoms with E-state index in [-0.39, 0.29) is 12.0 Å². The Morgan fingerprint density at radius 2 is 2.00 bits per heavy atom. The summed E-state index contributed by atoms with van der Waals surface area (Å²) < 4.78 is 6.33. The number of benzene rings is 2. The summed E-state index contributed by atoms with van der Waals surface area (Å²) in [6, 6.07) is 20.0. The first-order valence-electron chi connectivity index (χ1n) is 10.7. The quantitative estimate of drug-likeness (QED) is 0.591. The molecular weight excluding hydrogens is 406 g/mol. The van der Waals surface area contributed by atoms with Crippen molar-refractivity contribution in [1.82, 2.24) is 10.2 Å². The highest BCUT2D eigenvalue weighted by Crippen LogP contribution is 2.29. The molecule has 6 heteroatoms. The zero-order valence-electron chi connectivity index (χ0n) is 18.1. The molecule has 31 heavy (non-hydrogen) atoms. The molecule has 5 nitrogen and oxygen atoms in total. The van der Waals surface area contributed by atoms with E-state index in [2.05, 4.69) is 40.8 Å². The maximum atomic E-state index is 13.4. The van der Waals surface area contributed by atoms with Gasteiger partial charge in [0, 0.05) is 49.2 Å². The second-order valence-electron chi connectivity index (χ2n) is 7.82. The minimum Gasteiger partial charge on any atom is -0.485 e. The van der Waals surface area contributed by atoms with Gasteiger partial charge in [0.05, 0.1) is 0 Å². The summed E-state index contributed by atoms with van der Waals surface area (Å²) in [5.74, 6) is 0.770. The van der Waals surface area contributed by atoms with Crippen LogP contribution >= 0.6 is 11.3 Å². The number of hydrogen-bond acceptors (Lipinski definition) is 5. The van der Waals surface area contributed by atoms with Crippen molar-refractivity contribution in [3.05, 3.63) is 82.0 Å². The van der Waals surface area contributed by atoms with Gasteiger partial charge in [-0.2, -0.15) is 0 Å². The van der Waals surface area contributed by atoms with Crippen LogP contribution in [0.25, 0.3) is 0 Å². The SMILES string of the molecule is CNCCC(Oc1cccc(C(=O)N2CCN(C)c3ccccc3C2)c1)c1cccs1. The Morgan fingerprint density at radius 3 is 2.81 bits per heavy atom. The number of fused-ring (bicyclic) bond motifs is 1. The van der Waals surface area contributed by atoms with E-state index in [1.807, 2.05) is 54.4 Å². The normalized spacial score (nSPS) is 14.6. The second kappa shape index (κ2) is 9.98. The molecule has 1 aromatic heterocycles. The number of carbonyl (C=O) groups excluding carboxylic acids is 1. The first kappa shape index (κ1) is 21.4. The van der Waals surface area contributed by atoms with Crippen LogP contribution in [-0.4, -0.2) is 44.5 Å². The van der Waals surface area contributed by atoms with Crippen molar-refractivity contribution in [2.24, 2.45) is 0 Å². The molecular formula is C25H29N3O2S. The molecule has 0 saturated carbocycles. The van der Waals surface area contributed by atoms with Crippen LogP contribution in [0.4, 0.5) is 5.69 Å². The molecule has 3 aromatic rings. The third-order valence-electron chi connectivity index (χ3n) is 5.63. The van der Waals surface area contributed by atoms with Gasteiger partial charge < -0.3 is 19.9 Å². The molecule has 162 valence electrons. The van der Waals surface area contributed by atoms with Gasteiger partial charge in [-0.05, 0) is 54.9 Å². The molecule has 2 aromatic carbocycles. The predicted molar refractivity (Wildman–Crippen MR) is 127 cm³/mol. The Bertz CT molecular complexity index is 1010. The van der Waals surface area contributed by atoms with Crippen LogP contribution in [0.2, 0.25) is 0 Å². The maximum Gasteiger partial charge on any atom is 0.254 e. The molecule has 0 fully saturated rings. The van der Waals surface area contributed by atoms with Crippen molar-refractivity contribution >= 4 is 22.9 Å². The van der Waals surface area contributed by atoms with Gasteiger partial charge in [-0.1, -0.05) is 30.3 Å². The van der Waals surface area contributed by atoms with Gasteiger partial charge in [-0.25, -0.2) is 0 Å². The highest BCUT2D eigenvalue weighted by Gasteiger charge is 2.23. The Labute approximate surface area is 188 Å². The van der Waals surface area contributed by atoms with Crippen LogP contribution in [0.3, 0.4) is 0 Å². The number of ether oxygens (including phenoxy) is 1. The van der Waals surface area contributed by atoms with Crippen LogP contribution in [0.15, 0.2) is 66.0 Å². The minimum atomic E-state index is -0.0310. The lowest BCUT2D eigenvalue weighted by Crippen LogP contribution is -2.34. The Morgan fingerprint density at radius 1 is 1.13 bits per heavy atom. The highest BCUT2D eigenvalue weighted by atomic mass is 32.1. The van der Waals surface area contributed by atoms with Crippen molar-refractivity contribution in [2.75, 3.05) is 38.6 Å². The van der Waals surface area contributed by atoms with Gasteiger partial charge in [0.15, 0.2) is 0 Å². The zero-order chi connectivity index (χ0) is 21.6. The predicted octanol–water partition coefficient (Wildman–Crippen LogP) is 4.57. The van der Waals surface area contributed by atoms with Crippen LogP contribution in [-0.2, 0) is 6.54 Å². The van der Waals surface area contributed by atoms with Gasteiger partial charge in [0.2, 0.25) is 0 Å². The second-order valence-corrected chi connectivity index (χ2v) is 8.80. The number of amides is 1. The Kier molecular flexibility index (Phi) is 6.89. The fourth-order valence-electron chi connectivity index (χ4n) is 3.92. The smallest absolute Gasteiger partial charge is 0.254 e. The summed E-state index contributed by atoms with van der Waals surface area (Å²) in [6.45, 7) is 2.98. The molecule has 1 amide bonds. The van der Waals surface area contributed by atoms with Crippen LogP contribution in [0.1, 0.15) is 33.3 Å². The molecule has 1 unspecified atom stereocenters. The summed E-state index contributed by atoms with van der Waals surface area (Å²) >= 11 is 1.70. The van der Waals surface area contributed by atoms with Gasteiger partial charge >= 0.3 is 0 Å². The van der Waals surface area contributed by atoms with Gasteiger partial charge in [0.1, 0.15) is 11.9 Å². The topological polar surface area (TPSA) is 44.8 Å². The molecule has 1 aliphatic heterocycles. The van der Waals surface area contributed by atoms with E-state index in [1.54, 1.807) is 11.3 Å². The van der Waals surface area contributed by atoms with E-state index in [4.69, 9.17) is 4.74 Å². The summed E-state index contributed by atoms with van der Waals surface area (Å²) in [4.78, 5) is 18.7. The van der Waals surface area contributed by atoms with Crippen LogP contribution in [0.5, 0.6) is 5.75 Å². The molecule has 1 aliphatic rings. The summed E-state index contributed by atoms with van der Waals surface area (Å²) in [5, 5.41) is 5.26. The molecule has 0 aliphatic carbocycles. The van der Waals surface area contributed by atoms with Gasteiger partial charge in [0.25, 0.3) is 5.91 Å². The van der Waals surface area contributed by atoms with E-state index in [0.29, 0.717) is 18.7 Å². The minimum absolute atomic E-state index is 0.0310. The summed E-state index contributed by atoms with van der Waals surface area (Å²) in [5.41, 5.74) is 3.03. The molecule has 2 heterocycles. The number of rotatable bonds is 7. The van der Waals surface area contributed by atoms with E-state index in [9.17, 15) is 4.79 Å². The lowest BCUT2D eigenvalue weighted by atomic mass is 10.1. The summed E-state index contributed by atoms with van der Waals surface area (Å²) in [7, 11) is 4.03. The molecule has 0 radical (unpaired) electrons. The average Bonchev–Trinajstić information content (AvgIpc) is 3.28. The number of para-hydroxylation sites is 1. The first-order valence-corrected chi connectivity index (χ1v) is 11.6. The van der Waals surface area contributed by atoms with Crippen molar-refractivity contribution in [1.29, 1.82) is 0 Å². The van der Waals surface area contributed by atoms with Gasteiger partial charge in [-0.15, -0.1) is 11.3 Å². The fourth-order valence-corrected chi connectivity index (χ4v) is 4.71. The largest absolute Gasteiger partial charge is 0.485 e. The standard InChI is InChI=1S/C25H29N3O2S/c1-26-13-12-23(24-11-6-16-31-24)30-21-9-5-8-19(17-21)25(29)28-15-14-27(2)22-10-4-3-7-20(22)18-28/h3-11,16-17,23,26H,12-15,18H2,1-2H3. The Balaban J connectivity index is 1.52. The fraction of sp³-hybridized carbons (Fsp3) is 0.320. The van der Waals surface area contributed by atoms with Crippen molar-refractivity contribution in [3.8, 4) is 5.75 Å². The molecule has 0 saturated heterocycles. The van der Waals surface area contributed by atoms with Crippen molar-refractivity contribution < 1.29 is 9.53 Å². The van der Waals surface area contributed by atoms with Crippen LogP contribution in [0, 0.1) is 0 Å². The third kappa shape index (κ3) is 5.09.